The predicted octanol–water partition coefficient (Wildman–Crippen LogP) is 1.92. The largest absolute Gasteiger partial charge is 0.383 e. The lowest BCUT2D eigenvalue weighted by molar-refractivity contribution is -0.138. The van der Waals surface area contributed by atoms with Crippen LogP contribution in [-0.4, -0.2) is 123 Å². The highest BCUT2D eigenvalue weighted by Gasteiger charge is 2.53. The fraction of sp³-hybridized carbons (Fsp3) is 0.600. The van der Waals surface area contributed by atoms with Gasteiger partial charge in [-0.15, -0.1) is 11.3 Å². The van der Waals surface area contributed by atoms with Crippen LogP contribution >= 0.6 is 11.3 Å². The topological polar surface area (TPSA) is 114 Å². The molecule has 1 aromatic carbocycles. The zero-order valence-corrected chi connectivity index (χ0v) is 25.6. The number of carbonyl (C=O) groups excluding carboxylic acids is 3. The lowest BCUT2D eigenvalue weighted by atomic mass is 10.0. The summed E-state index contributed by atoms with van der Waals surface area (Å²) in [6.45, 7) is 9.75. The van der Waals surface area contributed by atoms with E-state index < -0.39 is 18.2 Å². The average Bonchev–Trinajstić information content (AvgIpc) is 3.73. The molecular weight excluding hydrogens is 558 g/mol. The molecule has 228 valence electrons. The number of amides is 2. The molecule has 1 N–H and O–H groups in total. The number of rotatable bonds is 11. The van der Waals surface area contributed by atoms with Gasteiger partial charge in [-0.05, 0) is 24.5 Å². The van der Waals surface area contributed by atoms with E-state index in [-0.39, 0.29) is 42.8 Å². The number of aromatic nitrogens is 1. The van der Waals surface area contributed by atoms with Gasteiger partial charge in [0.1, 0.15) is 30.9 Å². The maximum atomic E-state index is 13.7. The fourth-order valence-corrected chi connectivity index (χ4v) is 6.79. The van der Waals surface area contributed by atoms with Gasteiger partial charge < -0.3 is 29.3 Å². The Labute approximate surface area is 251 Å². The van der Waals surface area contributed by atoms with Crippen molar-refractivity contribution in [2.45, 2.75) is 44.6 Å². The first-order valence-electron chi connectivity index (χ1n) is 14.6. The van der Waals surface area contributed by atoms with Crippen LogP contribution in [0, 0.1) is 5.92 Å². The van der Waals surface area contributed by atoms with E-state index >= 15 is 0 Å². The second-order valence-corrected chi connectivity index (χ2v) is 12.4. The SMILES string of the molecule is COCCN1CCN(c2nc(-c3ccc(C(=O)N[C@@H](CC(C)C)C(=O)N4C[C@H](OC)[C@H]5OCC(=O)[C@H]54)cc3)cs2)CC1. The van der Waals surface area contributed by atoms with Gasteiger partial charge in [0.05, 0.1) is 18.8 Å². The van der Waals surface area contributed by atoms with Crippen molar-refractivity contribution in [1.82, 2.24) is 20.1 Å². The van der Waals surface area contributed by atoms with E-state index in [0.29, 0.717) is 12.0 Å². The number of nitrogens with one attached hydrogen (secondary N) is 1. The first-order chi connectivity index (χ1) is 20.3. The van der Waals surface area contributed by atoms with Gasteiger partial charge in [0.15, 0.2) is 10.9 Å². The van der Waals surface area contributed by atoms with Crippen LogP contribution in [0.15, 0.2) is 29.6 Å². The van der Waals surface area contributed by atoms with Crippen molar-refractivity contribution < 1.29 is 28.6 Å². The first kappa shape index (κ1) is 30.6. The molecule has 0 spiro atoms. The van der Waals surface area contributed by atoms with Crippen LogP contribution in [0.2, 0.25) is 0 Å². The molecule has 11 nitrogen and oxygen atoms in total. The number of anilines is 1. The smallest absolute Gasteiger partial charge is 0.251 e. The Kier molecular flexibility index (Phi) is 9.89. The molecule has 3 aliphatic rings. The third-order valence-electron chi connectivity index (χ3n) is 8.22. The molecule has 0 unspecified atom stereocenters. The van der Waals surface area contributed by atoms with E-state index in [1.54, 1.807) is 37.7 Å². The Balaban J connectivity index is 1.22. The summed E-state index contributed by atoms with van der Waals surface area (Å²) >= 11 is 1.63. The van der Waals surface area contributed by atoms with Crippen molar-refractivity contribution in [3.05, 3.63) is 35.2 Å². The molecule has 12 heteroatoms. The van der Waals surface area contributed by atoms with Gasteiger partial charge in [-0.25, -0.2) is 4.98 Å². The van der Waals surface area contributed by atoms with Crippen LogP contribution < -0.4 is 10.2 Å². The summed E-state index contributed by atoms with van der Waals surface area (Å²) in [7, 11) is 3.28. The van der Waals surface area contributed by atoms with E-state index in [1.807, 2.05) is 31.4 Å². The Hall–Kier alpha value is -2.90. The second-order valence-electron chi connectivity index (χ2n) is 11.5. The van der Waals surface area contributed by atoms with Gasteiger partial charge in [0.2, 0.25) is 5.91 Å². The Morgan fingerprint density at radius 1 is 1.14 bits per heavy atom. The van der Waals surface area contributed by atoms with Crippen LogP contribution in [0.3, 0.4) is 0 Å². The molecule has 3 saturated heterocycles. The number of Topliss-reactive ketones (excluding diaryl/α,β-unsaturated/α-hetero) is 1. The number of ether oxygens (including phenoxy) is 3. The minimum Gasteiger partial charge on any atom is -0.383 e. The molecular formula is C30H41N5O6S. The molecule has 5 rings (SSSR count). The first-order valence-corrected chi connectivity index (χ1v) is 15.5. The number of likely N-dealkylation sites (tertiary alicyclic amines) is 1. The number of carbonyl (C=O) groups is 3. The van der Waals surface area contributed by atoms with Crippen LogP contribution in [0.25, 0.3) is 11.3 Å². The van der Waals surface area contributed by atoms with Gasteiger partial charge in [-0.1, -0.05) is 26.0 Å². The molecule has 0 saturated carbocycles. The molecule has 2 aromatic rings. The zero-order chi connectivity index (χ0) is 29.8. The Morgan fingerprint density at radius 2 is 1.88 bits per heavy atom. The summed E-state index contributed by atoms with van der Waals surface area (Å²) in [4.78, 5) is 50.6. The van der Waals surface area contributed by atoms with Crippen molar-refractivity contribution in [3.8, 4) is 11.3 Å². The number of ketones is 1. The minimum absolute atomic E-state index is 0.0292. The van der Waals surface area contributed by atoms with Crippen LogP contribution in [-0.2, 0) is 23.8 Å². The quantitative estimate of drug-likeness (QED) is 0.414. The van der Waals surface area contributed by atoms with Crippen molar-refractivity contribution in [2.24, 2.45) is 5.92 Å². The van der Waals surface area contributed by atoms with E-state index in [0.717, 1.165) is 55.7 Å². The molecule has 4 heterocycles. The van der Waals surface area contributed by atoms with Crippen LogP contribution in [0.1, 0.15) is 30.6 Å². The molecule has 1 aromatic heterocycles. The molecule has 42 heavy (non-hydrogen) atoms. The number of methoxy groups -OCH3 is 2. The lowest BCUT2D eigenvalue weighted by Gasteiger charge is -2.34. The molecule has 0 bridgehead atoms. The van der Waals surface area contributed by atoms with Gasteiger partial charge >= 0.3 is 0 Å². The maximum Gasteiger partial charge on any atom is 0.251 e. The third-order valence-corrected chi connectivity index (χ3v) is 9.13. The van der Waals surface area contributed by atoms with E-state index in [4.69, 9.17) is 19.2 Å². The zero-order valence-electron chi connectivity index (χ0n) is 24.8. The maximum absolute atomic E-state index is 13.7. The predicted molar refractivity (Wildman–Crippen MR) is 160 cm³/mol. The fourth-order valence-electron chi connectivity index (χ4n) is 5.90. The number of fused-ring (bicyclic) bond motifs is 1. The third kappa shape index (κ3) is 6.68. The number of piperazine rings is 1. The summed E-state index contributed by atoms with van der Waals surface area (Å²) in [5.74, 6) is -0.593. The van der Waals surface area contributed by atoms with Gasteiger partial charge in [-0.2, -0.15) is 0 Å². The van der Waals surface area contributed by atoms with Crippen molar-refractivity contribution in [3.63, 3.8) is 0 Å². The van der Waals surface area contributed by atoms with Gasteiger partial charge in [-0.3, -0.25) is 19.3 Å². The Morgan fingerprint density at radius 3 is 2.55 bits per heavy atom. The summed E-state index contributed by atoms with van der Waals surface area (Å²) in [5, 5.41) is 5.98. The number of benzene rings is 1. The van der Waals surface area contributed by atoms with E-state index in [9.17, 15) is 14.4 Å². The van der Waals surface area contributed by atoms with E-state index in [2.05, 4.69) is 15.1 Å². The summed E-state index contributed by atoms with van der Waals surface area (Å²) in [6, 6.07) is 5.86. The molecule has 4 atom stereocenters. The van der Waals surface area contributed by atoms with Crippen molar-refractivity contribution in [2.75, 3.05) is 71.6 Å². The Bertz CT molecular complexity index is 1250. The van der Waals surface area contributed by atoms with Gasteiger partial charge in [0.25, 0.3) is 5.91 Å². The normalized spacial score (nSPS) is 23.5. The van der Waals surface area contributed by atoms with Crippen molar-refractivity contribution in [1.29, 1.82) is 0 Å². The molecule has 0 aliphatic carbocycles. The van der Waals surface area contributed by atoms with Crippen LogP contribution in [0.4, 0.5) is 5.13 Å². The van der Waals surface area contributed by atoms with Gasteiger partial charge in [0, 0.05) is 63.5 Å². The van der Waals surface area contributed by atoms with Crippen LogP contribution in [0.5, 0.6) is 0 Å². The molecule has 2 amide bonds. The highest BCUT2D eigenvalue weighted by molar-refractivity contribution is 7.14. The summed E-state index contributed by atoms with van der Waals surface area (Å²) in [6.07, 6.45) is -0.387. The highest BCUT2D eigenvalue weighted by atomic mass is 32.1. The molecule has 3 fully saturated rings. The second kappa shape index (κ2) is 13.6. The minimum atomic E-state index is -0.766. The number of thiazole rings is 1. The highest BCUT2D eigenvalue weighted by Crippen LogP contribution is 2.31. The van der Waals surface area contributed by atoms with Crippen molar-refractivity contribution >= 4 is 34.1 Å². The molecule has 3 aliphatic heterocycles. The standard InChI is InChI=1S/C30H41N5O6S/c1-19(2)15-22(29(38)35-16-25(40-4)27-26(35)24(36)17-41-27)31-28(37)21-7-5-20(6-8-21)23-18-42-30(32-23)34-11-9-33(10-12-34)13-14-39-3/h5-8,18-19,22,25-27H,9-17H2,1-4H3,(H,31,37)/t22-,25-,26+,27+/m0/s1. The number of nitrogens with zero attached hydrogens (tertiary/aromatic N) is 4. The molecule has 0 radical (unpaired) electrons. The summed E-state index contributed by atoms with van der Waals surface area (Å²) in [5.41, 5.74) is 2.25. The number of hydrogen-bond donors (Lipinski definition) is 1. The lowest BCUT2D eigenvalue weighted by Crippen LogP contribution is -2.52. The number of hydrogen-bond acceptors (Lipinski definition) is 10. The monoisotopic (exact) mass is 599 g/mol. The summed E-state index contributed by atoms with van der Waals surface area (Å²) < 4.78 is 16.3. The average molecular weight is 600 g/mol. The van der Waals surface area contributed by atoms with E-state index in [1.165, 1.54) is 4.90 Å².